The molecular formula is C28H34N10O6S. The maximum absolute atomic E-state index is 13.0. The Balaban J connectivity index is 1.30. The Hall–Kier alpha value is -4.64. The van der Waals surface area contributed by atoms with Gasteiger partial charge in [-0.3, -0.25) is 9.29 Å². The van der Waals surface area contributed by atoms with Gasteiger partial charge < -0.3 is 29.8 Å². The van der Waals surface area contributed by atoms with E-state index in [1.807, 2.05) is 6.07 Å². The molecule has 6 rings (SSSR count). The van der Waals surface area contributed by atoms with E-state index in [2.05, 4.69) is 30.2 Å². The van der Waals surface area contributed by atoms with Crippen LogP contribution in [0.5, 0.6) is 5.88 Å². The summed E-state index contributed by atoms with van der Waals surface area (Å²) in [4.78, 5) is 34.7. The predicted molar refractivity (Wildman–Crippen MR) is 166 cm³/mol. The smallest absolute Gasteiger partial charge is 0.434 e. The Kier molecular flexibility index (Phi) is 8.62. The molecule has 238 valence electrons. The van der Waals surface area contributed by atoms with Crippen molar-refractivity contribution in [1.82, 2.24) is 29.5 Å². The molecule has 45 heavy (non-hydrogen) atoms. The van der Waals surface area contributed by atoms with Gasteiger partial charge in [-0.15, -0.1) is 0 Å². The van der Waals surface area contributed by atoms with Crippen molar-refractivity contribution < 1.29 is 22.8 Å². The molecule has 4 aromatic rings. The molecule has 17 heteroatoms. The number of pyridine rings is 2. The van der Waals surface area contributed by atoms with Gasteiger partial charge in [-0.1, -0.05) is 4.98 Å². The lowest BCUT2D eigenvalue weighted by molar-refractivity contribution is -0.396. The summed E-state index contributed by atoms with van der Waals surface area (Å²) in [5.74, 6) is 1.30. The number of fused-ring (bicyclic) bond motifs is 1. The molecule has 0 unspecified atom stereocenters. The number of nitrogens with zero attached hydrogens (tertiary/aromatic N) is 9. The molecule has 0 amide bonds. The summed E-state index contributed by atoms with van der Waals surface area (Å²) in [6, 6.07) is 5.56. The van der Waals surface area contributed by atoms with Gasteiger partial charge in [0.05, 0.1) is 55.8 Å². The molecule has 1 N–H and O–H groups in total. The number of rotatable bonds is 10. The molecule has 16 nitrogen and oxygen atoms in total. The molecule has 1 aliphatic carbocycles. The number of anilines is 3. The zero-order valence-corrected chi connectivity index (χ0v) is 25.8. The van der Waals surface area contributed by atoms with Crippen LogP contribution in [-0.2, 0) is 28.4 Å². The molecule has 2 aliphatic rings. The largest absolute Gasteiger partial charge is 0.474 e. The molecule has 0 atom stereocenters. The zero-order valence-electron chi connectivity index (χ0n) is 24.9. The van der Waals surface area contributed by atoms with Crippen LogP contribution in [0.4, 0.5) is 23.4 Å². The van der Waals surface area contributed by atoms with Gasteiger partial charge in [-0.25, -0.2) is 23.0 Å². The lowest BCUT2D eigenvalue weighted by Crippen LogP contribution is -2.37. The second kappa shape index (κ2) is 12.8. The lowest BCUT2D eigenvalue weighted by Gasteiger charge is -2.31. The number of sulfonamides is 1. The Morgan fingerprint density at radius 2 is 1.82 bits per heavy atom. The molecule has 2 fully saturated rings. The summed E-state index contributed by atoms with van der Waals surface area (Å²) >= 11 is 0. The first-order valence-electron chi connectivity index (χ1n) is 14.6. The van der Waals surface area contributed by atoms with Gasteiger partial charge >= 0.3 is 5.95 Å². The molecule has 5 heterocycles. The average molecular weight is 639 g/mol. The second-order valence-corrected chi connectivity index (χ2v) is 13.0. The van der Waals surface area contributed by atoms with Gasteiger partial charge in [0, 0.05) is 37.6 Å². The van der Waals surface area contributed by atoms with E-state index < -0.39 is 14.9 Å². The summed E-state index contributed by atoms with van der Waals surface area (Å²) in [6.07, 6.45) is 10.4. The van der Waals surface area contributed by atoms with E-state index in [0.717, 1.165) is 36.2 Å². The molecule has 0 bridgehead atoms. The minimum absolute atomic E-state index is 0.111. The molecule has 1 saturated heterocycles. The van der Waals surface area contributed by atoms with Crippen LogP contribution in [0.15, 0.2) is 43.0 Å². The third-order valence-corrected chi connectivity index (χ3v) is 9.16. The van der Waals surface area contributed by atoms with Crippen LogP contribution >= 0.6 is 0 Å². The van der Waals surface area contributed by atoms with E-state index in [4.69, 9.17) is 14.5 Å². The first-order chi connectivity index (χ1) is 21.7. The van der Waals surface area contributed by atoms with Crippen molar-refractivity contribution in [3.8, 4) is 5.88 Å². The fourth-order valence-corrected chi connectivity index (χ4v) is 6.44. The predicted octanol–water partition coefficient (Wildman–Crippen LogP) is 2.67. The van der Waals surface area contributed by atoms with E-state index in [-0.39, 0.29) is 30.3 Å². The fraction of sp³-hybridized carbons (Fsp3) is 0.464. The van der Waals surface area contributed by atoms with Crippen molar-refractivity contribution in [2.24, 2.45) is 7.05 Å². The maximum Gasteiger partial charge on any atom is 0.434 e. The minimum Gasteiger partial charge on any atom is -0.474 e. The van der Waals surface area contributed by atoms with Crippen LogP contribution in [0.1, 0.15) is 31.4 Å². The van der Waals surface area contributed by atoms with Gasteiger partial charge in [0.1, 0.15) is 23.8 Å². The standard InChI is InChI=1S/C28H34N10O6S/c1-35-21(17-32-28(35)38(39)40)18-37(45(2,41)42)20-14-23-24(31-16-20)15-25(36-10-12-43-13-11-36)34-26(23)44-22-6-4-19(5-7-22)33-27-29-8-3-9-30-27/h3,8-9,14-17,19,22H,4-7,10-13,18H2,1-2H3,(H,29,30,33). The molecule has 1 aliphatic heterocycles. The fourth-order valence-electron chi connectivity index (χ4n) is 5.59. The molecule has 1 saturated carbocycles. The molecule has 0 spiro atoms. The highest BCUT2D eigenvalue weighted by molar-refractivity contribution is 7.92. The van der Waals surface area contributed by atoms with Crippen molar-refractivity contribution in [2.75, 3.05) is 47.1 Å². The van der Waals surface area contributed by atoms with Crippen molar-refractivity contribution in [3.63, 3.8) is 0 Å². The molecular weight excluding hydrogens is 604 g/mol. The first kappa shape index (κ1) is 30.4. The van der Waals surface area contributed by atoms with Gasteiger partial charge in [-0.05, 0) is 42.7 Å². The molecule has 4 aromatic heterocycles. The van der Waals surface area contributed by atoms with Gasteiger partial charge in [0.25, 0.3) is 0 Å². The number of hydrogen-bond acceptors (Lipinski definition) is 13. The third kappa shape index (κ3) is 6.88. The lowest BCUT2D eigenvalue weighted by atomic mass is 9.93. The van der Waals surface area contributed by atoms with Crippen LogP contribution in [0.3, 0.4) is 0 Å². The number of nitro groups is 1. The summed E-state index contributed by atoms with van der Waals surface area (Å²) < 4.78 is 40.5. The summed E-state index contributed by atoms with van der Waals surface area (Å²) in [7, 11) is -2.36. The number of nitrogens with one attached hydrogen (secondary N) is 1. The highest BCUT2D eigenvalue weighted by Gasteiger charge is 2.28. The normalized spacial score (nSPS) is 18.9. The van der Waals surface area contributed by atoms with Crippen molar-refractivity contribution in [3.05, 3.63) is 58.8 Å². The highest BCUT2D eigenvalue weighted by atomic mass is 32.2. The molecule has 0 aromatic carbocycles. The highest BCUT2D eigenvalue weighted by Crippen LogP contribution is 2.34. The van der Waals surface area contributed by atoms with Crippen LogP contribution < -0.4 is 19.3 Å². The van der Waals surface area contributed by atoms with Gasteiger partial charge in [0.2, 0.25) is 21.9 Å². The summed E-state index contributed by atoms with van der Waals surface area (Å²) in [5.41, 5.74) is 1.22. The number of ether oxygens (including phenoxy) is 2. The first-order valence-corrected chi connectivity index (χ1v) is 16.5. The van der Waals surface area contributed by atoms with Crippen LogP contribution in [0.25, 0.3) is 10.9 Å². The van der Waals surface area contributed by atoms with Crippen LogP contribution in [0.2, 0.25) is 0 Å². The molecule has 0 radical (unpaired) electrons. The number of imidazole rings is 1. The van der Waals surface area contributed by atoms with E-state index in [9.17, 15) is 18.5 Å². The second-order valence-electron chi connectivity index (χ2n) is 11.1. The van der Waals surface area contributed by atoms with E-state index in [1.165, 1.54) is 24.0 Å². The van der Waals surface area contributed by atoms with E-state index in [0.29, 0.717) is 60.5 Å². The van der Waals surface area contributed by atoms with Crippen LogP contribution in [0, 0.1) is 10.1 Å². The van der Waals surface area contributed by atoms with E-state index in [1.54, 1.807) is 24.5 Å². The Bertz CT molecular complexity index is 1770. The number of hydrogen-bond donors (Lipinski definition) is 1. The minimum atomic E-state index is -3.83. The van der Waals surface area contributed by atoms with Gasteiger partial charge in [-0.2, -0.15) is 4.98 Å². The van der Waals surface area contributed by atoms with Crippen LogP contribution in [-0.4, -0.2) is 87.5 Å². The monoisotopic (exact) mass is 638 g/mol. The topological polar surface area (TPSA) is 184 Å². The Morgan fingerprint density at radius 3 is 2.49 bits per heavy atom. The third-order valence-electron chi connectivity index (χ3n) is 8.02. The van der Waals surface area contributed by atoms with Gasteiger partial charge in [0.15, 0.2) is 0 Å². The van der Waals surface area contributed by atoms with Crippen molar-refractivity contribution in [1.29, 1.82) is 0 Å². The van der Waals surface area contributed by atoms with Crippen molar-refractivity contribution in [2.45, 2.75) is 44.4 Å². The summed E-state index contributed by atoms with van der Waals surface area (Å²) in [5, 5.41) is 15.3. The maximum atomic E-state index is 13.0. The van der Waals surface area contributed by atoms with Crippen molar-refractivity contribution >= 4 is 44.3 Å². The number of morpholine rings is 1. The Labute approximate surface area is 259 Å². The quantitative estimate of drug-likeness (QED) is 0.198. The SMILES string of the molecule is Cn1c(CN(c2cnc3cc(N4CCOCC4)nc(OC4CCC(Nc5ncccn5)CC4)c3c2)S(C)(=O)=O)cnc1[N+](=O)[O-]. The average Bonchev–Trinajstić information content (AvgIpc) is 3.41. The number of aromatic nitrogens is 6. The Morgan fingerprint density at radius 1 is 1.09 bits per heavy atom. The zero-order chi connectivity index (χ0) is 31.6. The van der Waals surface area contributed by atoms with E-state index >= 15 is 0 Å². The summed E-state index contributed by atoms with van der Waals surface area (Å²) in [6.45, 7) is 2.33.